The number of hydrogen-bond donors (Lipinski definition) is 1. The smallest absolute Gasteiger partial charge is 0.112 e. The van der Waals surface area contributed by atoms with Crippen molar-refractivity contribution in [2.24, 2.45) is 0 Å². The molecule has 2 aromatic rings. The molecule has 0 atom stereocenters. The molecule has 4 heteroatoms. The van der Waals surface area contributed by atoms with Crippen LogP contribution in [0.2, 0.25) is 0 Å². The summed E-state index contributed by atoms with van der Waals surface area (Å²) in [7, 11) is 2.23. The van der Waals surface area contributed by atoms with Crippen LogP contribution in [0.5, 0.6) is 0 Å². The zero-order valence-corrected chi connectivity index (χ0v) is 9.98. The topological polar surface area (TPSA) is 35.2 Å². The van der Waals surface area contributed by atoms with E-state index < -0.39 is 0 Å². The third-order valence-corrected chi connectivity index (χ3v) is 4.46. The van der Waals surface area contributed by atoms with Crippen LogP contribution in [0.1, 0.15) is 6.42 Å². The monoisotopic (exact) mass is 228 g/mol. The molecule has 1 aromatic carbocycles. The predicted octanol–water partition coefficient (Wildman–Crippen LogP) is 1.46. The normalized spacial score (nSPS) is 22.8. The Morgan fingerprint density at radius 2 is 2.24 bits per heavy atom. The van der Waals surface area contributed by atoms with E-state index in [2.05, 4.69) is 45.0 Å². The van der Waals surface area contributed by atoms with Gasteiger partial charge < -0.3 is 9.88 Å². The Bertz CT molecular complexity index is 568. The van der Waals surface area contributed by atoms with Crippen molar-refractivity contribution in [2.75, 3.05) is 31.6 Å². The highest BCUT2D eigenvalue weighted by molar-refractivity contribution is 5.89. The predicted molar refractivity (Wildman–Crippen MR) is 68.3 cm³/mol. The first kappa shape index (κ1) is 9.48. The molecule has 0 unspecified atom stereocenters. The second-order valence-electron chi connectivity index (χ2n) is 5.33. The first-order valence-electron chi connectivity index (χ1n) is 6.17. The van der Waals surface area contributed by atoms with Gasteiger partial charge in [-0.3, -0.25) is 4.90 Å². The molecule has 88 valence electrons. The molecule has 2 saturated heterocycles. The van der Waals surface area contributed by atoms with Crippen LogP contribution < -0.4 is 4.90 Å². The SMILES string of the molecule is CN1CCC12CN(c1cccc3[nH]cnc13)C2. The van der Waals surface area contributed by atoms with Crippen molar-refractivity contribution in [1.82, 2.24) is 14.9 Å². The Morgan fingerprint density at radius 1 is 1.35 bits per heavy atom. The summed E-state index contributed by atoms with van der Waals surface area (Å²) in [5.41, 5.74) is 3.97. The highest BCUT2D eigenvalue weighted by Gasteiger charge is 2.51. The molecule has 3 heterocycles. The number of aromatic nitrogens is 2. The molecule has 17 heavy (non-hydrogen) atoms. The number of anilines is 1. The number of likely N-dealkylation sites (tertiary alicyclic amines) is 1. The second-order valence-corrected chi connectivity index (χ2v) is 5.33. The number of para-hydroxylation sites is 1. The maximum atomic E-state index is 4.42. The highest BCUT2D eigenvalue weighted by atomic mass is 15.4. The van der Waals surface area contributed by atoms with Crippen molar-refractivity contribution < 1.29 is 0 Å². The van der Waals surface area contributed by atoms with Gasteiger partial charge in [0.2, 0.25) is 0 Å². The average Bonchev–Trinajstić information content (AvgIpc) is 2.74. The number of nitrogens with zero attached hydrogens (tertiary/aromatic N) is 3. The molecule has 0 aliphatic carbocycles. The summed E-state index contributed by atoms with van der Waals surface area (Å²) in [5.74, 6) is 0. The lowest BCUT2D eigenvalue weighted by molar-refractivity contribution is -0.0126. The van der Waals surface area contributed by atoms with E-state index in [0.717, 1.165) is 24.1 Å². The zero-order valence-electron chi connectivity index (χ0n) is 9.98. The third kappa shape index (κ3) is 1.13. The first-order chi connectivity index (χ1) is 8.28. The van der Waals surface area contributed by atoms with Crippen LogP contribution in [0.25, 0.3) is 11.0 Å². The summed E-state index contributed by atoms with van der Waals surface area (Å²) in [4.78, 5) is 12.5. The van der Waals surface area contributed by atoms with Gasteiger partial charge >= 0.3 is 0 Å². The van der Waals surface area contributed by atoms with Gasteiger partial charge in [-0.25, -0.2) is 4.98 Å². The lowest BCUT2D eigenvalue weighted by Crippen LogP contribution is -2.75. The quantitative estimate of drug-likeness (QED) is 0.802. The van der Waals surface area contributed by atoms with Crippen LogP contribution in [0, 0.1) is 0 Å². The first-order valence-corrected chi connectivity index (χ1v) is 6.17. The Morgan fingerprint density at radius 3 is 2.94 bits per heavy atom. The van der Waals surface area contributed by atoms with Crippen molar-refractivity contribution in [1.29, 1.82) is 0 Å². The molecule has 2 aliphatic rings. The summed E-state index contributed by atoms with van der Waals surface area (Å²) in [6.45, 7) is 3.55. The van der Waals surface area contributed by atoms with Gasteiger partial charge in [-0.05, 0) is 25.6 Å². The number of imidazole rings is 1. The lowest BCUT2D eigenvalue weighted by atomic mass is 9.78. The van der Waals surface area contributed by atoms with Crippen LogP contribution in [0.3, 0.4) is 0 Å². The van der Waals surface area contributed by atoms with Gasteiger partial charge in [-0.2, -0.15) is 0 Å². The molecular formula is C13H16N4. The summed E-state index contributed by atoms with van der Waals surface area (Å²) in [6.07, 6.45) is 3.12. The Labute approximate surface area is 100 Å². The molecule has 4 nitrogen and oxygen atoms in total. The number of rotatable bonds is 1. The highest BCUT2D eigenvalue weighted by Crippen LogP contribution is 2.41. The third-order valence-electron chi connectivity index (χ3n) is 4.46. The summed E-state index contributed by atoms with van der Waals surface area (Å²) >= 11 is 0. The van der Waals surface area contributed by atoms with E-state index in [-0.39, 0.29) is 0 Å². The number of H-pyrrole nitrogens is 1. The van der Waals surface area contributed by atoms with Crippen LogP contribution in [0.4, 0.5) is 5.69 Å². The van der Waals surface area contributed by atoms with E-state index in [0.29, 0.717) is 5.54 Å². The Kier molecular flexibility index (Phi) is 1.68. The number of fused-ring (bicyclic) bond motifs is 1. The van der Waals surface area contributed by atoms with Crippen molar-refractivity contribution in [2.45, 2.75) is 12.0 Å². The zero-order chi connectivity index (χ0) is 11.5. The number of likely N-dealkylation sites (N-methyl/N-ethyl adjacent to an activating group) is 1. The van der Waals surface area contributed by atoms with E-state index >= 15 is 0 Å². The van der Waals surface area contributed by atoms with E-state index in [4.69, 9.17) is 0 Å². The van der Waals surface area contributed by atoms with E-state index in [1.54, 1.807) is 6.33 Å². The Balaban J connectivity index is 1.66. The van der Waals surface area contributed by atoms with E-state index in [1.807, 2.05) is 0 Å². The fourth-order valence-corrected chi connectivity index (χ4v) is 3.09. The largest absolute Gasteiger partial charge is 0.366 e. The molecule has 0 bridgehead atoms. The maximum absolute atomic E-state index is 4.42. The van der Waals surface area contributed by atoms with Gasteiger partial charge in [0.15, 0.2) is 0 Å². The van der Waals surface area contributed by atoms with Crippen molar-refractivity contribution in [3.8, 4) is 0 Å². The van der Waals surface area contributed by atoms with E-state index in [1.165, 1.54) is 18.7 Å². The van der Waals surface area contributed by atoms with E-state index in [9.17, 15) is 0 Å². The number of aromatic amines is 1. The number of benzene rings is 1. The Hall–Kier alpha value is -1.55. The summed E-state index contributed by atoms with van der Waals surface area (Å²) in [6, 6.07) is 6.36. The van der Waals surface area contributed by atoms with Gasteiger partial charge in [0.25, 0.3) is 0 Å². The standard InChI is InChI=1S/C13H16N4/c1-16-6-5-13(16)7-17(8-13)11-4-2-3-10-12(11)15-9-14-10/h2-4,9H,5-8H2,1H3,(H,14,15). The fourth-order valence-electron chi connectivity index (χ4n) is 3.09. The molecule has 2 fully saturated rings. The molecular weight excluding hydrogens is 212 g/mol. The van der Waals surface area contributed by atoms with Crippen molar-refractivity contribution in [3.63, 3.8) is 0 Å². The number of hydrogen-bond acceptors (Lipinski definition) is 3. The summed E-state index contributed by atoms with van der Waals surface area (Å²) in [5, 5.41) is 0. The molecule has 2 aliphatic heterocycles. The molecule has 0 radical (unpaired) electrons. The average molecular weight is 228 g/mol. The minimum atomic E-state index is 0.471. The molecule has 1 spiro atoms. The lowest BCUT2D eigenvalue weighted by Gasteiger charge is -2.62. The summed E-state index contributed by atoms with van der Waals surface area (Å²) < 4.78 is 0. The van der Waals surface area contributed by atoms with Crippen molar-refractivity contribution >= 4 is 16.7 Å². The second kappa shape index (κ2) is 3.01. The van der Waals surface area contributed by atoms with Gasteiger partial charge in [-0.1, -0.05) is 6.07 Å². The molecule has 1 N–H and O–H groups in total. The molecule has 0 saturated carbocycles. The van der Waals surface area contributed by atoms with Crippen LogP contribution in [-0.4, -0.2) is 47.1 Å². The molecule has 1 aromatic heterocycles. The molecule has 4 rings (SSSR count). The number of nitrogens with one attached hydrogen (secondary N) is 1. The van der Waals surface area contributed by atoms with Crippen LogP contribution in [-0.2, 0) is 0 Å². The van der Waals surface area contributed by atoms with Crippen LogP contribution in [0.15, 0.2) is 24.5 Å². The van der Waals surface area contributed by atoms with Crippen LogP contribution >= 0.6 is 0 Å². The van der Waals surface area contributed by atoms with Gasteiger partial charge in [0, 0.05) is 19.6 Å². The van der Waals surface area contributed by atoms with Gasteiger partial charge in [-0.15, -0.1) is 0 Å². The van der Waals surface area contributed by atoms with Gasteiger partial charge in [0.05, 0.1) is 23.1 Å². The van der Waals surface area contributed by atoms with Gasteiger partial charge in [0.1, 0.15) is 5.52 Å². The minimum absolute atomic E-state index is 0.471. The molecule has 0 amide bonds. The fraction of sp³-hybridized carbons (Fsp3) is 0.462. The van der Waals surface area contributed by atoms with Crippen molar-refractivity contribution in [3.05, 3.63) is 24.5 Å². The minimum Gasteiger partial charge on any atom is -0.366 e. The maximum Gasteiger partial charge on any atom is 0.112 e.